The molecule has 0 fully saturated rings. The highest BCUT2D eigenvalue weighted by Crippen LogP contribution is 2.38. The standard InChI is InChI=1S/C30H28N4O3/c1-5-23-25(29(36)34(31-23)24-13-9-10-20(3)21(24)4)26-27(32-16-14-19(2)15-17-32)30(37)33(28(26)35)18-22-11-7-6-8-12-22/h6-17H,5,18H2,1-4H3. The van der Waals surface area contributed by atoms with Crippen molar-refractivity contribution in [2.75, 3.05) is 0 Å². The lowest BCUT2D eigenvalue weighted by molar-refractivity contribution is -0.577. The van der Waals surface area contributed by atoms with Crippen LogP contribution in [0.2, 0.25) is 0 Å². The average Bonchev–Trinajstić information content (AvgIpc) is 3.34. The fourth-order valence-electron chi connectivity index (χ4n) is 4.66. The SMILES string of the molecule is CCc1nn(-c2cccc(C)c2C)c([O-])c1C1=C([n+]2ccc(C)cc2)C(=O)N(Cc2ccccc2)C1=O. The molecule has 0 saturated heterocycles. The molecule has 7 heteroatoms. The van der Waals surface area contributed by atoms with E-state index in [1.807, 2.05) is 88.4 Å². The van der Waals surface area contributed by atoms with Gasteiger partial charge in [0, 0.05) is 17.7 Å². The van der Waals surface area contributed by atoms with Gasteiger partial charge in [0.05, 0.1) is 17.9 Å². The summed E-state index contributed by atoms with van der Waals surface area (Å²) in [4.78, 5) is 28.9. The number of carbonyl (C=O) groups is 2. The Morgan fingerprint density at radius 2 is 1.59 bits per heavy atom. The number of carbonyl (C=O) groups excluding carboxylic acids is 2. The number of rotatable bonds is 6. The van der Waals surface area contributed by atoms with Crippen LogP contribution < -0.4 is 9.67 Å². The van der Waals surface area contributed by atoms with Crippen LogP contribution in [0.3, 0.4) is 0 Å². The highest BCUT2D eigenvalue weighted by Gasteiger charge is 2.46. The Morgan fingerprint density at radius 1 is 0.892 bits per heavy atom. The van der Waals surface area contributed by atoms with Gasteiger partial charge >= 0.3 is 5.91 Å². The third-order valence-corrected chi connectivity index (χ3v) is 6.89. The van der Waals surface area contributed by atoms with Crippen molar-refractivity contribution in [2.45, 2.75) is 40.7 Å². The monoisotopic (exact) mass is 492 g/mol. The smallest absolute Gasteiger partial charge is 0.327 e. The van der Waals surface area contributed by atoms with Gasteiger partial charge in [0.15, 0.2) is 12.4 Å². The van der Waals surface area contributed by atoms with E-state index in [9.17, 15) is 14.7 Å². The summed E-state index contributed by atoms with van der Waals surface area (Å²) in [6.45, 7) is 7.86. The third-order valence-electron chi connectivity index (χ3n) is 6.89. The van der Waals surface area contributed by atoms with E-state index >= 15 is 0 Å². The Morgan fingerprint density at radius 3 is 2.27 bits per heavy atom. The van der Waals surface area contributed by atoms with Gasteiger partial charge in [0.2, 0.25) is 0 Å². The molecule has 3 heterocycles. The van der Waals surface area contributed by atoms with E-state index in [4.69, 9.17) is 0 Å². The minimum atomic E-state index is -0.496. The molecule has 7 nitrogen and oxygen atoms in total. The minimum Gasteiger partial charge on any atom is -0.858 e. The molecule has 0 spiro atoms. The molecule has 0 aliphatic carbocycles. The normalized spacial score (nSPS) is 13.7. The van der Waals surface area contributed by atoms with Crippen molar-refractivity contribution in [2.24, 2.45) is 0 Å². The second-order valence-corrected chi connectivity index (χ2v) is 9.30. The molecule has 0 radical (unpaired) electrons. The largest absolute Gasteiger partial charge is 0.858 e. The van der Waals surface area contributed by atoms with E-state index in [2.05, 4.69) is 5.10 Å². The van der Waals surface area contributed by atoms with Crippen LogP contribution in [0.15, 0.2) is 73.1 Å². The van der Waals surface area contributed by atoms with Crippen molar-refractivity contribution in [3.8, 4) is 11.6 Å². The molecule has 0 unspecified atom stereocenters. The van der Waals surface area contributed by atoms with Crippen LogP contribution in [0.4, 0.5) is 0 Å². The summed E-state index contributed by atoms with van der Waals surface area (Å²) in [7, 11) is 0. The summed E-state index contributed by atoms with van der Waals surface area (Å²) in [6, 6.07) is 18.8. The van der Waals surface area contributed by atoms with Crippen LogP contribution in [0.1, 0.15) is 40.4 Å². The molecule has 186 valence electrons. The lowest BCUT2D eigenvalue weighted by Gasteiger charge is -2.17. The molecule has 0 bridgehead atoms. The summed E-state index contributed by atoms with van der Waals surface area (Å²) in [6.07, 6.45) is 3.91. The van der Waals surface area contributed by atoms with Crippen LogP contribution in [-0.4, -0.2) is 26.5 Å². The fraction of sp³-hybridized carbons (Fsp3) is 0.200. The van der Waals surface area contributed by atoms with E-state index in [0.29, 0.717) is 17.8 Å². The molecule has 2 aromatic carbocycles. The van der Waals surface area contributed by atoms with Crippen molar-refractivity contribution in [1.29, 1.82) is 0 Å². The maximum absolute atomic E-state index is 13.9. The fourth-order valence-corrected chi connectivity index (χ4v) is 4.66. The molecular formula is C30H28N4O3. The van der Waals surface area contributed by atoms with Crippen molar-refractivity contribution in [3.05, 3.63) is 107 Å². The van der Waals surface area contributed by atoms with E-state index in [-0.39, 0.29) is 23.4 Å². The lowest BCUT2D eigenvalue weighted by atomic mass is 10.0. The van der Waals surface area contributed by atoms with Crippen LogP contribution in [-0.2, 0) is 22.6 Å². The second kappa shape index (κ2) is 9.50. The zero-order valence-corrected chi connectivity index (χ0v) is 21.4. The number of aromatic nitrogens is 3. The lowest BCUT2D eigenvalue weighted by Crippen LogP contribution is -2.39. The van der Waals surface area contributed by atoms with Gasteiger partial charge in [0.1, 0.15) is 5.57 Å². The molecule has 2 aromatic heterocycles. The number of pyridine rings is 1. The summed E-state index contributed by atoms with van der Waals surface area (Å²) in [5.74, 6) is -1.35. The zero-order valence-electron chi connectivity index (χ0n) is 21.4. The molecule has 1 aliphatic heterocycles. The first-order chi connectivity index (χ1) is 17.8. The van der Waals surface area contributed by atoms with E-state index < -0.39 is 17.7 Å². The van der Waals surface area contributed by atoms with Crippen LogP contribution in [0.25, 0.3) is 17.0 Å². The van der Waals surface area contributed by atoms with Gasteiger partial charge in [-0.3, -0.25) is 14.5 Å². The van der Waals surface area contributed by atoms with Gasteiger partial charge in [-0.25, -0.2) is 4.68 Å². The summed E-state index contributed by atoms with van der Waals surface area (Å²) in [5, 5.41) is 18.6. The highest BCUT2D eigenvalue weighted by molar-refractivity contribution is 6.44. The van der Waals surface area contributed by atoms with Crippen molar-refractivity contribution >= 4 is 23.1 Å². The average molecular weight is 493 g/mol. The Hall–Kier alpha value is -4.52. The second-order valence-electron chi connectivity index (χ2n) is 9.30. The Balaban J connectivity index is 1.73. The number of benzene rings is 2. The van der Waals surface area contributed by atoms with Crippen molar-refractivity contribution in [1.82, 2.24) is 14.7 Å². The molecule has 2 amide bonds. The summed E-state index contributed by atoms with van der Waals surface area (Å²) in [5.41, 5.74) is 5.37. The predicted molar refractivity (Wildman–Crippen MR) is 138 cm³/mol. The topological polar surface area (TPSA) is 82.1 Å². The van der Waals surface area contributed by atoms with Gasteiger partial charge in [0.25, 0.3) is 11.6 Å². The van der Waals surface area contributed by atoms with Crippen molar-refractivity contribution in [3.63, 3.8) is 0 Å². The molecule has 37 heavy (non-hydrogen) atoms. The Kier molecular flexibility index (Phi) is 6.21. The molecule has 0 atom stereocenters. The zero-order chi connectivity index (χ0) is 26.3. The van der Waals surface area contributed by atoms with E-state index in [1.165, 1.54) is 9.58 Å². The molecule has 4 aromatic rings. The number of aryl methyl sites for hydroxylation is 3. The first-order valence-corrected chi connectivity index (χ1v) is 12.3. The summed E-state index contributed by atoms with van der Waals surface area (Å²) < 4.78 is 2.99. The maximum Gasteiger partial charge on any atom is 0.327 e. The molecular weight excluding hydrogens is 464 g/mol. The number of amides is 2. The van der Waals surface area contributed by atoms with E-state index in [0.717, 1.165) is 22.3 Å². The van der Waals surface area contributed by atoms with Crippen LogP contribution >= 0.6 is 0 Å². The van der Waals surface area contributed by atoms with E-state index in [1.54, 1.807) is 17.0 Å². The predicted octanol–water partition coefficient (Wildman–Crippen LogP) is 3.66. The minimum absolute atomic E-state index is 0.0909. The number of nitrogens with zero attached hydrogens (tertiary/aromatic N) is 4. The van der Waals surface area contributed by atoms with Gasteiger partial charge in [-0.2, -0.15) is 9.67 Å². The highest BCUT2D eigenvalue weighted by atomic mass is 16.3. The van der Waals surface area contributed by atoms with Gasteiger partial charge in [-0.05, 0) is 61.4 Å². The third kappa shape index (κ3) is 4.12. The van der Waals surface area contributed by atoms with Gasteiger partial charge in [-0.15, -0.1) is 0 Å². The van der Waals surface area contributed by atoms with Crippen LogP contribution in [0, 0.1) is 20.8 Å². The van der Waals surface area contributed by atoms with Crippen molar-refractivity contribution < 1.29 is 19.3 Å². The first kappa shape index (κ1) is 24.2. The van der Waals surface area contributed by atoms with Gasteiger partial charge < -0.3 is 5.11 Å². The molecule has 0 N–H and O–H groups in total. The number of imide groups is 1. The molecule has 5 rings (SSSR count). The Labute approximate surface area is 215 Å². The van der Waals surface area contributed by atoms with Crippen LogP contribution in [0.5, 0.6) is 5.88 Å². The molecule has 0 saturated carbocycles. The molecule has 1 aliphatic rings. The quantitative estimate of drug-likeness (QED) is 0.304. The number of hydrogen-bond donors (Lipinski definition) is 0. The summed E-state index contributed by atoms with van der Waals surface area (Å²) >= 11 is 0. The first-order valence-electron chi connectivity index (χ1n) is 12.3. The Bertz CT molecular complexity index is 1550. The maximum atomic E-state index is 13.9. The number of hydrogen-bond acceptors (Lipinski definition) is 4. The van der Waals surface area contributed by atoms with Gasteiger partial charge in [-0.1, -0.05) is 49.4 Å².